The molecule has 0 unspecified atom stereocenters. The van der Waals surface area contributed by atoms with Crippen molar-refractivity contribution in [1.82, 2.24) is 9.88 Å². The van der Waals surface area contributed by atoms with Crippen LogP contribution in [0, 0.1) is 6.92 Å². The van der Waals surface area contributed by atoms with Crippen LogP contribution < -0.4 is 10.6 Å². The summed E-state index contributed by atoms with van der Waals surface area (Å²) in [4.78, 5) is 13.8. The van der Waals surface area contributed by atoms with Gasteiger partial charge >= 0.3 is 6.03 Å². The van der Waals surface area contributed by atoms with Crippen molar-refractivity contribution in [3.05, 3.63) is 76.1 Å². The van der Waals surface area contributed by atoms with Gasteiger partial charge in [0.2, 0.25) is 0 Å². The smallest absolute Gasteiger partial charge is 0.319 e. The van der Waals surface area contributed by atoms with E-state index in [1.54, 1.807) is 17.4 Å². The van der Waals surface area contributed by atoms with Crippen LogP contribution in [-0.4, -0.2) is 10.6 Å². The molecule has 2 aromatic carbocycles. The fourth-order valence-electron chi connectivity index (χ4n) is 3.64. The topological polar surface area (TPSA) is 46.1 Å². The monoisotopic (exact) mass is 423 g/mol. The fraction of sp³-hybridized carbons (Fsp3) is 0.174. The quantitative estimate of drug-likeness (QED) is 0.369. The molecule has 0 bridgehead atoms. The van der Waals surface area contributed by atoms with Crippen molar-refractivity contribution in [3.63, 3.8) is 0 Å². The van der Waals surface area contributed by atoms with Gasteiger partial charge in [-0.25, -0.2) is 4.79 Å². The number of carbonyl (C=O) groups is 1. The van der Waals surface area contributed by atoms with Crippen molar-refractivity contribution in [2.45, 2.75) is 26.9 Å². The lowest BCUT2D eigenvalue weighted by atomic mass is 10.1. The molecule has 2 aromatic heterocycles. The molecule has 2 heterocycles. The fourth-order valence-corrected chi connectivity index (χ4v) is 4.62. The number of aromatic nitrogens is 1. The van der Waals surface area contributed by atoms with Gasteiger partial charge in [0, 0.05) is 40.3 Å². The highest BCUT2D eigenvalue weighted by molar-refractivity contribution is 7.13. The second-order valence-corrected chi connectivity index (χ2v) is 8.22. The summed E-state index contributed by atoms with van der Waals surface area (Å²) in [6, 6.07) is 17.8. The minimum atomic E-state index is -0.249. The van der Waals surface area contributed by atoms with E-state index >= 15 is 0 Å². The predicted octanol–water partition coefficient (Wildman–Crippen LogP) is 6.67. The van der Waals surface area contributed by atoms with E-state index in [0.717, 1.165) is 23.1 Å². The highest BCUT2D eigenvalue weighted by atomic mass is 35.5. The molecular formula is C23H22ClN3OS. The predicted molar refractivity (Wildman–Crippen MR) is 123 cm³/mol. The first-order chi connectivity index (χ1) is 14.1. The number of hydrogen-bond donors (Lipinski definition) is 2. The maximum Gasteiger partial charge on any atom is 0.319 e. The first-order valence-electron chi connectivity index (χ1n) is 9.53. The Kier molecular flexibility index (Phi) is 5.60. The first-order valence-corrected chi connectivity index (χ1v) is 10.8. The number of fused-ring (bicyclic) bond motifs is 1. The molecule has 0 radical (unpaired) electrons. The Balaban J connectivity index is 1.65. The maximum atomic E-state index is 12.6. The van der Waals surface area contributed by atoms with E-state index in [2.05, 4.69) is 57.8 Å². The molecular weight excluding hydrogens is 402 g/mol. The zero-order valence-corrected chi connectivity index (χ0v) is 17.9. The van der Waals surface area contributed by atoms with E-state index in [-0.39, 0.29) is 6.03 Å². The van der Waals surface area contributed by atoms with Gasteiger partial charge in [-0.1, -0.05) is 41.9 Å². The summed E-state index contributed by atoms with van der Waals surface area (Å²) in [5.41, 5.74) is 5.16. The van der Waals surface area contributed by atoms with Crippen molar-refractivity contribution >= 4 is 45.6 Å². The molecule has 0 aliphatic carbocycles. The molecule has 0 fully saturated rings. The summed E-state index contributed by atoms with van der Waals surface area (Å²) in [6.07, 6.45) is 0. The molecule has 0 saturated carbocycles. The number of nitrogens with zero attached hydrogens (tertiary/aromatic N) is 1. The highest BCUT2D eigenvalue weighted by Gasteiger charge is 2.19. The first kappa shape index (κ1) is 19.6. The third-order valence-electron chi connectivity index (χ3n) is 5.02. The molecule has 4 aromatic rings. The molecule has 0 aliphatic rings. The van der Waals surface area contributed by atoms with Crippen molar-refractivity contribution in [3.8, 4) is 10.6 Å². The number of para-hydroxylation sites is 1. The second-order valence-electron chi connectivity index (χ2n) is 6.83. The molecule has 0 saturated heterocycles. The van der Waals surface area contributed by atoms with Gasteiger partial charge in [0.25, 0.3) is 0 Å². The molecule has 4 nitrogen and oxygen atoms in total. The van der Waals surface area contributed by atoms with Crippen LogP contribution in [-0.2, 0) is 13.1 Å². The van der Waals surface area contributed by atoms with Crippen LogP contribution in [0.2, 0.25) is 5.02 Å². The lowest BCUT2D eigenvalue weighted by Crippen LogP contribution is -2.28. The van der Waals surface area contributed by atoms with Crippen LogP contribution in [0.1, 0.15) is 18.1 Å². The number of nitrogens with one attached hydrogen (secondary N) is 2. The summed E-state index contributed by atoms with van der Waals surface area (Å²) >= 11 is 7.77. The van der Waals surface area contributed by atoms with Gasteiger partial charge in [-0.3, -0.25) is 0 Å². The Morgan fingerprint density at radius 3 is 2.72 bits per heavy atom. The van der Waals surface area contributed by atoms with Crippen LogP contribution in [0.4, 0.5) is 10.5 Å². The second kappa shape index (κ2) is 8.31. The van der Waals surface area contributed by atoms with Gasteiger partial charge in [0.05, 0.1) is 10.6 Å². The van der Waals surface area contributed by atoms with E-state index in [9.17, 15) is 4.79 Å². The van der Waals surface area contributed by atoms with Gasteiger partial charge in [-0.15, -0.1) is 11.3 Å². The number of anilines is 1. The number of urea groups is 1. The lowest BCUT2D eigenvalue weighted by molar-refractivity contribution is 0.252. The highest BCUT2D eigenvalue weighted by Crippen LogP contribution is 2.36. The number of carbonyl (C=O) groups excluding carboxylic acids is 1. The number of halogens is 1. The summed E-state index contributed by atoms with van der Waals surface area (Å²) in [5, 5.41) is 9.77. The third-order valence-corrected chi connectivity index (χ3v) is 6.13. The van der Waals surface area contributed by atoms with Crippen molar-refractivity contribution in [1.29, 1.82) is 0 Å². The number of rotatable bonds is 5. The third kappa shape index (κ3) is 3.88. The van der Waals surface area contributed by atoms with E-state index in [1.807, 2.05) is 25.1 Å². The van der Waals surface area contributed by atoms with Crippen molar-refractivity contribution in [2.75, 3.05) is 5.32 Å². The van der Waals surface area contributed by atoms with Crippen LogP contribution in [0.5, 0.6) is 0 Å². The molecule has 148 valence electrons. The van der Waals surface area contributed by atoms with Crippen molar-refractivity contribution < 1.29 is 4.79 Å². The minimum absolute atomic E-state index is 0.249. The Bertz CT molecular complexity index is 1160. The molecule has 0 aliphatic heterocycles. The zero-order valence-electron chi connectivity index (χ0n) is 16.3. The van der Waals surface area contributed by atoms with Crippen LogP contribution in [0.25, 0.3) is 21.5 Å². The summed E-state index contributed by atoms with van der Waals surface area (Å²) < 4.78 is 2.32. The van der Waals surface area contributed by atoms with Gasteiger partial charge in [-0.2, -0.15) is 0 Å². The number of hydrogen-bond acceptors (Lipinski definition) is 2. The number of aryl methyl sites for hydroxylation is 2. The number of amides is 2. The Morgan fingerprint density at radius 2 is 1.97 bits per heavy atom. The number of thiophene rings is 1. The van der Waals surface area contributed by atoms with Crippen LogP contribution in [0.3, 0.4) is 0 Å². The normalized spacial score (nSPS) is 11.0. The van der Waals surface area contributed by atoms with Gasteiger partial charge in [-0.05, 0) is 49.1 Å². The van der Waals surface area contributed by atoms with Crippen LogP contribution >= 0.6 is 22.9 Å². The summed E-state index contributed by atoms with van der Waals surface area (Å²) in [6.45, 7) is 5.39. The van der Waals surface area contributed by atoms with E-state index in [4.69, 9.17) is 11.6 Å². The van der Waals surface area contributed by atoms with E-state index < -0.39 is 0 Å². The summed E-state index contributed by atoms with van der Waals surface area (Å²) in [7, 11) is 0. The van der Waals surface area contributed by atoms with Gasteiger partial charge in [0.1, 0.15) is 0 Å². The molecule has 2 N–H and O–H groups in total. The lowest BCUT2D eigenvalue weighted by Gasteiger charge is -2.12. The average molecular weight is 424 g/mol. The molecule has 0 spiro atoms. The maximum absolute atomic E-state index is 12.6. The molecule has 0 atom stereocenters. The number of benzene rings is 2. The Morgan fingerprint density at radius 1 is 1.14 bits per heavy atom. The molecule has 6 heteroatoms. The Labute approximate surface area is 179 Å². The van der Waals surface area contributed by atoms with Gasteiger partial charge in [0.15, 0.2) is 0 Å². The molecule has 2 amide bonds. The van der Waals surface area contributed by atoms with E-state index in [0.29, 0.717) is 17.3 Å². The Hall–Kier alpha value is -2.76. The molecule has 29 heavy (non-hydrogen) atoms. The van der Waals surface area contributed by atoms with E-state index in [1.165, 1.54) is 16.1 Å². The largest absolute Gasteiger partial charge is 0.340 e. The standard InChI is InChI=1S/C23H22ClN3OS/c1-3-27-20-8-5-4-7-17(20)18(22(27)21-9-6-12-29-21)14-25-23(28)26-19-13-16(24)11-10-15(19)2/h4-13H,3,14H2,1-2H3,(H2,25,26,28). The van der Waals surface area contributed by atoms with Crippen molar-refractivity contribution in [2.24, 2.45) is 0 Å². The average Bonchev–Trinajstić information content (AvgIpc) is 3.34. The molecule has 4 rings (SSSR count). The van der Waals surface area contributed by atoms with Crippen LogP contribution in [0.15, 0.2) is 60.0 Å². The zero-order chi connectivity index (χ0) is 20.4. The SMILES string of the molecule is CCn1c(-c2cccs2)c(CNC(=O)Nc2cc(Cl)ccc2C)c2ccccc21. The van der Waals surface area contributed by atoms with Gasteiger partial charge < -0.3 is 15.2 Å². The minimum Gasteiger partial charge on any atom is -0.340 e. The summed E-state index contributed by atoms with van der Waals surface area (Å²) in [5.74, 6) is 0.